The molecule has 0 heterocycles. The number of rotatable bonds is 7. The first-order valence-electron chi connectivity index (χ1n) is 8.09. The third-order valence-electron chi connectivity index (χ3n) is 3.86. The lowest BCUT2D eigenvalue weighted by atomic mass is 10.1. The molecule has 2 N–H and O–H groups in total. The molecule has 1 amide bonds. The summed E-state index contributed by atoms with van der Waals surface area (Å²) in [5, 5.41) is 2.08. The van der Waals surface area contributed by atoms with Gasteiger partial charge in [-0.3, -0.25) is 4.79 Å². The lowest BCUT2D eigenvalue weighted by Gasteiger charge is -2.11. The summed E-state index contributed by atoms with van der Waals surface area (Å²) < 4.78 is 38.5. The summed E-state index contributed by atoms with van der Waals surface area (Å²) >= 11 is 0. The van der Waals surface area contributed by atoms with Crippen LogP contribution in [0.15, 0.2) is 54.6 Å². The highest BCUT2D eigenvalue weighted by Gasteiger charge is 2.19. The summed E-state index contributed by atoms with van der Waals surface area (Å²) in [7, 11) is 0. The van der Waals surface area contributed by atoms with Gasteiger partial charge in [-0.15, -0.1) is 0 Å². The van der Waals surface area contributed by atoms with E-state index in [9.17, 15) is 13.6 Å². The van der Waals surface area contributed by atoms with Crippen molar-refractivity contribution in [3.63, 3.8) is 0 Å². The normalized spacial score (nSPS) is 10.7. The quantitative estimate of drug-likeness (QED) is 0.649. The average Bonchev–Trinajstić information content (AvgIpc) is 2.63. The fourth-order valence-corrected chi connectivity index (χ4v) is 2.62. The fraction of sp³-hybridized carbons (Fsp3) is 0.150. The van der Waals surface area contributed by atoms with E-state index < -0.39 is 23.1 Å². The largest absolute Gasteiger partial charge is 0.493 e. The van der Waals surface area contributed by atoms with Gasteiger partial charge in [0, 0.05) is 11.8 Å². The minimum atomic E-state index is -1.18. The molecule has 0 atom stereocenters. The van der Waals surface area contributed by atoms with Crippen LogP contribution in [0.25, 0.3) is 10.8 Å². The van der Waals surface area contributed by atoms with Gasteiger partial charge >= 0.3 is 0 Å². The van der Waals surface area contributed by atoms with Gasteiger partial charge in [0.15, 0.2) is 11.6 Å². The molecule has 0 unspecified atom stereocenters. The zero-order valence-corrected chi connectivity index (χ0v) is 13.9. The van der Waals surface area contributed by atoms with Crippen LogP contribution in [0, 0.1) is 11.6 Å². The Labute approximate surface area is 149 Å². The number of hydrogen-bond acceptors (Lipinski definition) is 3. The number of carbonyl (C=O) groups is 1. The molecule has 0 aliphatic rings. The van der Waals surface area contributed by atoms with Crippen LogP contribution in [0.4, 0.5) is 8.78 Å². The van der Waals surface area contributed by atoms with E-state index in [0.29, 0.717) is 13.0 Å². The number of halogens is 2. The van der Waals surface area contributed by atoms with E-state index in [-0.39, 0.29) is 12.4 Å². The lowest BCUT2D eigenvalue weighted by Crippen LogP contribution is -2.16. The Morgan fingerprint density at radius 2 is 1.58 bits per heavy atom. The summed E-state index contributed by atoms with van der Waals surface area (Å²) in [5.74, 6) is -2.74. The summed E-state index contributed by atoms with van der Waals surface area (Å²) in [5.41, 5.74) is 4.18. The first kappa shape index (κ1) is 17.7. The molecule has 0 fully saturated rings. The molecule has 4 nitrogen and oxygen atoms in total. The number of primary amides is 1. The molecule has 3 rings (SSSR count). The van der Waals surface area contributed by atoms with Crippen molar-refractivity contribution in [3.05, 3.63) is 71.8 Å². The molecular weight excluding hydrogens is 340 g/mol. The highest BCUT2D eigenvalue weighted by Crippen LogP contribution is 2.25. The van der Waals surface area contributed by atoms with Crippen LogP contribution >= 0.6 is 0 Å². The van der Waals surface area contributed by atoms with Crippen molar-refractivity contribution in [2.24, 2.45) is 5.73 Å². The summed E-state index contributed by atoms with van der Waals surface area (Å²) in [4.78, 5) is 11.1. The van der Waals surface area contributed by atoms with Gasteiger partial charge < -0.3 is 15.2 Å². The molecule has 0 spiro atoms. The first-order chi connectivity index (χ1) is 12.6. The zero-order valence-electron chi connectivity index (χ0n) is 13.9. The summed E-state index contributed by atoms with van der Waals surface area (Å²) in [6.45, 7) is 0.505. The van der Waals surface area contributed by atoms with E-state index in [0.717, 1.165) is 28.7 Å². The third kappa shape index (κ3) is 3.74. The van der Waals surface area contributed by atoms with E-state index in [1.54, 1.807) is 0 Å². The monoisotopic (exact) mass is 357 g/mol. The van der Waals surface area contributed by atoms with Crippen molar-refractivity contribution in [3.8, 4) is 11.5 Å². The van der Waals surface area contributed by atoms with E-state index in [1.165, 1.54) is 0 Å². The maximum atomic E-state index is 14.0. The molecule has 0 aliphatic heterocycles. The molecule has 134 valence electrons. The van der Waals surface area contributed by atoms with Crippen molar-refractivity contribution in [2.45, 2.75) is 6.42 Å². The smallest absolute Gasteiger partial charge is 0.254 e. The van der Waals surface area contributed by atoms with Gasteiger partial charge in [-0.05, 0) is 23.6 Å². The number of carbonyl (C=O) groups excluding carboxylic acids is 1. The van der Waals surface area contributed by atoms with E-state index in [4.69, 9.17) is 15.2 Å². The predicted octanol–water partition coefficient (Wildman–Crippen LogP) is 4.06. The molecule has 3 aromatic carbocycles. The van der Waals surface area contributed by atoms with Crippen molar-refractivity contribution in [2.75, 3.05) is 13.2 Å². The minimum absolute atomic E-state index is 0.144. The van der Waals surface area contributed by atoms with Crippen LogP contribution in [-0.4, -0.2) is 19.1 Å². The molecule has 0 bridgehead atoms. The molecule has 0 aliphatic carbocycles. The predicted molar refractivity (Wildman–Crippen MR) is 94.4 cm³/mol. The maximum Gasteiger partial charge on any atom is 0.254 e. The Hall–Kier alpha value is -3.15. The van der Waals surface area contributed by atoms with Gasteiger partial charge in [-0.25, -0.2) is 8.78 Å². The number of hydrogen-bond donors (Lipinski definition) is 1. The van der Waals surface area contributed by atoms with Crippen molar-refractivity contribution >= 4 is 16.7 Å². The van der Waals surface area contributed by atoms with Crippen LogP contribution < -0.4 is 15.2 Å². The Balaban J connectivity index is 1.56. The molecule has 26 heavy (non-hydrogen) atoms. The fourth-order valence-electron chi connectivity index (χ4n) is 2.62. The van der Waals surface area contributed by atoms with E-state index >= 15 is 0 Å². The van der Waals surface area contributed by atoms with Crippen molar-refractivity contribution in [1.82, 2.24) is 0 Å². The molecule has 3 aromatic rings. The summed E-state index contributed by atoms with van der Waals surface area (Å²) in [6.07, 6.45) is 0.478. The van der Waals surface area contributed by atoms with Gasteiger partial charge in [0.2, 0.25) is 0 Å². The maximum absolute atomic E-state index is 14.0. The Morgan fingerprint density at radius 3 is 2.35 bits per heavy atom. The zero-order chi connectivity index (χ0) is 18.5. The molecular formula is C20H17F2NO3. The Morgan fingerprint density at radius 1 is 0.885 bits per heavy atom. The second-order valence-corrected chi connectivity index (χ2v) is 5.63. The molecule has 6 heteroatoms. The number of benzene rings is 3. The highest BCUT2D eigenvalue weighted by atomic mass is 19.1. The number of amides is 1. The number of nitrogens with two attached hydrogens (primary N) is 1. The minimum Gasteiger partial charge on any atom is -0.493 e. The van der Waals surface area contributed by atoms with Gasteiger partial charge in [0.25, 0.3) is 5.91 Å². The van der Waals surface area contributed by atoms with Crippen LogP contribution in [0.3, 0.4) is 0 Å². The van der Waals surface area contributed by atoms with Crippen LogP contribution in [0.5, 0.6) is 11.5 Å². The third-order valence-corrected chi connectivity index (χ3v) is 3.86. The van der Waals surface area contributed by atoms with Crippen LogP contribution in [-0.2, 0) is 0 Å². The first-order valence-corrected chi connectivity index (χ1v) is 8.09. The molecule has 0 radical (unpaired) electrons. The average molecular weight is 357 g/mol. The molecule has 0 aromatic heterocycles. The topological polar surface area (TPSA) is 61.6 Å². The van der Waals surface area contributed by atoms with E-state index in [1.807, 2.05) is 42.5 Å². The second-order valence-electron chi connectivity index (χ2n) is 5.63. The number of ether oxygens (including phenoxy) is 2. The van der Waals surface area contributed by atoms with Crippen molar-refractivity contribution in [1.29, 1.82) is 0 Å². The number of fused-ring (bicyclic) bond motifs is 1. The van der Waals surface area contributed by atoms with E-state index in [2.05, 4.69) is 0 Å². The molecule has 0 saturated heterocycles. The standard InChI is InChI=1S/C20H17F2NO3/c21-15-9-10-17(19(22)18(15)20(23)24)26-12-4-11-25-16-8-3-6-13-5-1-2-7-14(13)16/h1-3,5-10H,4,11-12H2,(H2,23,24). The summed E-state index contributed by atoms with van der Waals surface area (Å²) in [6, 6.07) is 15.7. The van der Waals surface area contributed by atoms with Crippen LogP contribution in [0.1, 0.15) is 16.8 Å². The molecule has 0 saturated carbocycles. The van der Waals surface area contributed by atoms with Gasteiger partial charge in [0.05, 0.1) is 13.2 Å². The lowest BCUT2D eigenvalue weighted by molar-refractivity contribution is 0.0991. The highest BCUT2D eigenvalue weighted by molar-refractivity contribution is 5.93. The van der Waals surface area contributed by atoms with Gasteiger partial charge in [-0.1, -0.05) is 36.4 Å². The van der Waals surface area contributed by atoms with Gasteiger partial charge in [0.1, 0.15) is 17.1 Å². The Bertz CT molecular complexity index is 938. The van der Waals surface area contributed by atoms with Crippen molar-refractivity contribution < 1.29 is 23.0 Å². The Kier molecular flexibility index (Phi) is 5.31. The SMILES string of the molecule is NC(=O)c1c(F)ccc(OCCCOc2cccc3ccccc23)c1F. The van der Waals surface area contributed by atoms with Crippen LogP contribution in [0.2, 0.25) is 0 Å². The van der Waals surface area contributed by atoms with Gasteiger partial charge in [-0.2, -0.15) is 0 Å². The second kappa shape index (κ2) is 7.82.